The summed E-state index contributed by atoms with van der Waals surface area (Å²) < 4.78 is 0. The predicted octanol–water partition coefficient (Wildman–Crippen LogP) is 20.4. The molecule has 0 spiro atoms. The molecule has 1 fully saturated rings. The normalized spacial score (nSPS) is 22.6. The number of rotatable bonds is 5. The van der Waals surface area contributed by atoms with Gasteiger partial charge in [-0.1, -0.05) is 210 Å². The number of nitrogens with zero attached hydrogens (tertiary/aromatic N) is 3. The average molecular weight is 1100 g/mol. The monoisotopic (exact) mass is 1100 g/mol. The van der Waals surface area contributed by atoms with E-state index in [1.54, 1.807) is 5.56 Å². The zero-order chi connectivity index (χ0) is 58.9. The molecule has 2 unspecified atom stereocenters. The van der Waals surface area contributed by atoms with Gasteiger partial charge in [-0.2, -0.15) is 0 Å². The lowest BCUT2D eigenvalue weighted by Gasteiger charge is -2.50. The van der Waals surface area contributed by atoms with Crippen LogP contribution in [0.25, 0.3) is 11.1 Å². The van der Waals surface area contributed by atoms with E-state index in [0.717, 1.165) is 6.42 Å². The molecular weight excluding hydrogens is 1000 g/mol. The Kier molecular flexibility index (Phi) is 12.7. The van der Waals surface area contributed by atoms with Gasteiger partial charge in [0, 0.05) is 50.8 Å². The molecule has 13 rings (SSSR count). The van der Waals surface area contributed by atoms with Gasteiger partial charge in [0.15, 0.2) is 0 Å². The van der Waals surface area contributed by atoms with Crippen molar-refractivity contribution in [3.63, 3.8) is 0 Å². The quantitative estimate of drug-likeness (QED) is 0.159. The van der Waals surface area contributed by atoms with Crippen LogP contribution in [0.4, 0.5) is 45.5 Å². The smallest absolute Gasteiger partial charge is 0.252 e. The molecule has 0 radical (unpaired) electrons. The van der Waals surface area contributed by atoms with Gasteiger partial charge in [0.25, 0.3) is 6.71 Å². The fourth-order valence-corrected chi connectivity index (χ4v) is 16.8. The zero-order valence-electron chi connectivity index (χ0n) is 54.2. The van der Waals surface area contributed by atoms with Crippen molar-refractivity contribution in [2.24, 2.45) is 0 Å². The summed E-state index contributed by atoms with van der Waals surface area (Å²) in [5.74, 6) is 0.462. The third-order valence-electron chi connectivity index (χ3n) is 22.7. The lowest BCUT2D eigenvalue weighted by molar-refractivity contribution is 0.217. The minimum Gasteiger partial charge on any atom is -0.334 e. The van der Waals surface area contributed by atoms with Crippen molar-refractivity contribution in [3.05, 3.63) is 172 Å². The van der Waals surface area contributed by atoms with Crippen molar-refractivity contribution < 1.29 is 0 Å². The van der Waals surface area contributed by atoms with Gasteiger partial charge in [-0.15, -0.1) is 0 Å². The molecular formula is C79H96BN3. The van der Waals surface area contributed by atoms with E-state index < -0.39 is 0 Å². The van der Waals surface area contributed by atoms with Gasteiger partial charge in [-0.05, 0) is 211 Å². The number of hydrogen-bond donors (Lipinski definition) is 0. The van der Waals surface area contributed by atoms with E-state index in [9.17, 15) is 0 Å². The maximum atomic E-state index is 2.86. The second kappa shape index (κ2) is 18.8. The standard InChI is InChI=1S/C79H96BN3/c1-50(2)52-28-34-66-62(42-52)78(17)36-24-19-20-25-37-79(78,18)83(66)56-31-33-63-67(47-56)82(65-35-29-53(72(3,4)5)43-57(65)51-26-22-21-23-27-51)70-45-54(73(6,7)8)44-69-71(70)80(63)64-48-60-61(77(15,16)41-40-76(60,13)14)49-68(64)81(69)55-30-32-58-59(46-55)75(11,12)39-38-74(58,9)10/h21-23,26-35,42-50H,19-20,24-25,36-41H2,1-18H3. The van der Waals surface area contributed by atoms with E-state index in [4.69, 9.17) is 0 Å². The molecule has 1 saturated carbocycles. The first-order valence-corrected chi connectivity index (χ1v) is 32.4. The summed E-state index contributed by atoms with van der Waals surface area (Å²) in [6, 6.07) is 52.5. The van der Waals surface area contributed by atoms with Gasteiger partial charge in [0.2, 0.25) is 0 Å². The molecule has 7 aromatic carbocycles. The lowest BCUT2D eigenvalue weighted by Crippen LogP contribution is -2.62. The number of anilines is 8. The van der Waals surface area contributed by atoms with Crippen molar-refractivity contribution in [1.82, 2.24) is 0 Å². The van der Waals surface area contributed by atoms with Gasteiger partial charge >= 0.3 is 0 Å². The molecule has 83 heavy (non-hydrogen) atoms. The highest BCUT2D eigenvalue weighted by Crippen LogP contribution is 2.61. The summed E-state index contributed by atoms with van der Waals surface area (Å²) in [6.07, 6.45) is 12.2. The largest absolute Gasteiger partial charge is 0.334 e. The minimum atomic E-state index is -0.159. The molecule has 2 atom stereocenters. The molecule has 6 aliphatic rings. The van der Waals surface area contributed by atoms with Gasteiger partial charge in [0.1, 0.15) is 0 Å². The topological polar surface area (TPSA) is 9.72 Å². The van der Waals surface area contributed by atoms with Crippen LogP contribution in [-0.4, -0.2) is 12.3 Å². The Morgan fingerprint density at radius 2 is 0.976 bits per heavy atom. The van der Waals surface area contributed by atoms with E-state index in [1.807, 2.05) is 0 Å². The molecule has 0 bridgehead atoms. The first kappa shape index (κ1) is 56.2. The second-order valence-corrected chi connectivity index (χ2v) is 32.4. The molecule has 0 saturated heterocycles. The molecule has 3 heterocycles. The molecule has 4 heteroatoms. The first-order valence-electron chi connectivity index (χ1n) is 32.4. The Labute approximate surface area is 501 Å². The maximum absolute atomic E-state index is 2.86. The first-order chi connectivity index (χ1) is 38.9. The van der Waals surface area contributed by atoms with Crippen LogP contribution in [0.2, 0.25) is 0 Å². The number of fused-ring (bicyclic) bond motifs is 9. The summed E-state index contributed by atoms with van der Waals surface area (Å²) >= 11 is 0. The van der Waals surface area contributed by atoms with Crippen molar-refractivity contribution in [1.29, 1.82) is 0 Å². The van der Waals surface area contributed by atoms with Crippen LogP contribution in [-0.2, 0) is 37.9 Å². The molecule has 3 aliphatic heterocycles. The van der Waals surface area contributed by atoms with E-state index >= 15 is 0 Å². The highest BCUT2D eigenvalue weighted by Gasteiger charge is 2.57. The fraction of sp³-hybridized carbons (Fsp3) is 0.468. The van der Waals surface area contributed by atoms with Crippen molar-refractivity contribution in [2.75, 3.05) is 14.7 Å². The highest BCUT2D eigenvalue weighted by molar-refractivity contribution is 7.00. The molecule has 430 valence electrons. The Hall–Kier alpha value is -6.00. The molecule has 3 nitrogen and oxygen atoms in total. The lowest BCUT2D eigenvalue weighted by atomic mass is 9.33. The Morgan fingerprint density at radius 3 is 1.61 bits per heavy atom. The molecule has 0 N–H and O–H groups in total. The van der Waals surface area contributed by atoms with E-state index in [1.165, 1.54) is 170 Å². The summed E-state index contributed by atoms with van der Waals surface area (Å²) in [5.41, 5.74) is 28.7. The highest BCUT2D eigenvalue weighted by atomic mass is 15.3. The molecule has 7 aromatic rings. The van der Waals surface area contributed by atoms with Crippen LogP contribution in [0, 0.1) is 0 Å². The van der Waals surface area contributed by atoms with Crippen LogP contribution in [0.3, 0.4) is 0 Å². The van der Waals surface area contributed by atoms with Gasteiger partial charge in [0.05, 0.1) is 11.2 Å². The Morgan fingerprint density at radius 1 is 0.410 bits per heavy atom. The van der Waals surface area contributed by atoms with Crippen molar-refractivity contribution >= 4 is 68.6 Å². The van der Waals surface area contributed by atoms with Gasteiger partial charge in [-0.3, -0.25) is 0 Å². The summed E-state index contributed by atoms with van der Waals surface area (Å²) in [4.78, 5) is 8.39. The number of hydrogen-bond acceptors (Lipinski definition) is 3. The minimum absolute atomic E-state index is 0.0112. The van der Waals surface area contributed by atoms with Crippen LogP contribution < -0.4 is 31.1 Å². The zero-order valence-corrected chi connectivity index (χ0v) is 54.2. The fourth-order valence-electron chi connectivity index (χ4n) is 16.8. The van der Waals surface area contributed by atoms with E-state index in [-0.39, 0.29) is 50.2 Å². The third kappa shape index (κ3) is 8.60. The van der Waals surface area contributed by atoms with Gasteiger partial charge < -0.3 is 14.7 Å². The second-order valence-electron chi connectivity index (χ2n) is 32.4. The third-order valence-corrected chi connectivity index (χ3v) is 22.7. The predicted molar refractivity (Wildman–Crippen MR) is 360 cm³/mol. The maximum Gasteiger partial charge on any atom is 0.252 e. The SMILES string of the molecule is CC(C)c1ccc2c(c1)C1(C)CCCCCCC1(C)N2c1ccc2c(c1)N(c1ccc(C(C)(C)C)cc1-c1ccccc1)c1cc(C(C)(C)C)cc3c1B2c1cc2c(cc1N3c1ccc3c(c1)C(C)(C)CCC3(C)C)C(C)(C)CCC2(C)C. The summed E-state index contributed by atoms with van der Waals surface area (Å²) in [6.45, 7) is 44.4. The summed E-state index contributed by atoms with van der Waals surface area (Å²) in [7, 11) is 0. The Bertz CT molecular complexity index is 3760. The van der Waals surface area contributed by atoms with Gasteiger partial charge in [-0.25, -0.2) is 0 Å². The van der Waals surface area contributed by atoms with Crippen molar-refractivity contribution in [3.8, 4) is 11.1 Å². The summed E-state index contributed by atoms with van der Waals surface area (Å²) in [5, 5.41) is 0. The molecule has 0 amide bonds. The molecule has 0 aromatic heterocycles. The van der Waals surface area contributed by atoms with Crippen molar-refractivity contribution in [2.45, 2.75) is 238 Å². The van der Waals surface area contributed by atoms with E-state index in [2.05, 4.69) is 267 Å². The van der Waals surface area contributed by atoms with Crippen LogP contribution in [0.15, 0.2) is 127 Å². The van der Waals surface area contributed by atoms with Crippen LogP contribution in [0.5, 0.6) is 0 Å². The average Bonchev–Trinajstić information content (AvgIpc) is 1.67. The van der Waals surface area contributed by atoms with E-state index in [0.29, 0.717) is 5.92 Å². The Balaban J connectivity index is 1.16. The number of benzene rings is 7. The van der Waals surface area contributed by atoms with Crippen LogP contribution in [0.1, 0.15) is 239 Å². The molecule has 3 aliphatic carbocycles. The van der Waals surface area contributed by atoms with Crippen LogP contribution >= 0.6 is 0 Å².